The molecule has 12 heavy (non-hydrogen) atoms. The SMILES string of the molecule is CC(=O)OC[C@]1(CC#N)C[C@H]1F. The first-order chi connectivity index (χ1) is 5.60. The molecule has 4 heteroatoms. The van der Waals surface area contributed by atoms with Gasteiger partial charge < -0.3 is 4.74 Å². The zero-order chi connectivity index (χ0) is 9.19. The number of halogens is 1. The molecule has 1 rings (SSSR count). The van der Waals surface area contributed by atoms with Crippen molar-refractivity contribution in [3.63, 3.8) is 0 Å². The molecule has 2 atom stereocenters. The van der Waals surface area contributed by atoms with Crippen LogP contribution in [0.25, 0.3) is 0 Å². The van der Waals surface area contributed by atoms with Crippen LogP contribution in [-0.4, -0.2) is 18.7 Å². The fourth-order valence-corrected chi connectivity index (χ4v) is 1.08. The molecular formula is C8H10FNO2. The van der Waals surface area contributed by atoms with Crippen LogP contribution in [0.4, 0.5) is 4.39 Å². The van der Waals surface area contributed by atoms with Gasteiger partial charge in [-0.15, -0.1) is 0 Å². The lowest BCUT2D eigenvalue weighted by atomic mass is 10.1. The number of carbonyl (C=O) groups is 1. The van der Waals surface area contributed by atoms with Gasteiger partial charge in [0.1, 0.15) is 12.8 Å². The lowest BCUT2D eigenvalue weighted by Crippen LogP contribution is -2.15. The second-order valence-corrected chi connectivity index (χ2v) is 3.15. The summed E-state index contributed by atoms with van der Waals surface area (Å²) in [5.74, 6) is -0.425. The highest BCUT2D eigenvalue weighted by Crippen LogP contribution is 2.51. The first kappa shape index (κ1) is 8.98. The summed E-state index contributed by atoms with van der Waals surface area (Å²) in [5.41, 5.74) is -0.680. The minimum Gasteiger partial charge on any atom is -0.465 e. The van der Waals surface area contributed by atoms with Crippen molar-refractivity contribution in [3.8, 4) is 6.07 Å². The Balaban J connectivity index is 2.38. The van der Waals surface area contributed by atoms with Gasteiger partial charge in [0.2, 0.25) is 0 Å². The Morgan fingerprint density at radius 1 is 1.92 bits per heavy atom. The molecule has 0 N–H and O–H groups in total. The van der Waals surface area contributed by atoms with Crippen molar-refractivity contribution in [1.82, 2.24) is 0 Å². The fraction of sp³-hybridized carbons (Fsp3) is 0.750. The Bertz CT molecular complexity index is 236. The number of hydrogen-bond acceptors (Lipinski definition) is 3. The van der Waals surface area contributed by atoms with Gasteiger partial charge >= 0.3 is 5.97 Å². The Labute approximate surface area is 70.1 Å². The van der Waals surface area contributed by atoms with Gasteiger partial charge in [0.15, 0.2) is 0 Å². The molecule has 0 radical (unpaired) electrons. The van der Waals surface area contributed by atoms with E-state index in [1.807, 2.05) is 6.07 Å². The summed E-state index contributed by atoms with van der Waals surface area (Å²) < 4.78 is 17.4. The number of carbonyl (C=O) groups excluding carboxylic acids is 1. The number of nitriles is 1. The molecule has 1 aliphatic carbocycles. The monoisotopic (exact) mass is 171 g/mol. The predicted molar refractivity (Wildman–Crippen MR) is 38.8 cm³/mol. The van der Waals surface area contributed by atoms with Crippen molar-refractivity contribution in [2.75, 3.05) is 6.61 Å². The second-order valence-electron chi connectivity index (χ2n) is 3.15. The molecule has 1 saturated carbocycles. The molecule has 0 aromatic rings. The van der Waals surface area contributed by atoms with E-state index in [9.17, 15) is 9.18 Å². The van der Waals surface area contributed by atoms with E-state index in [2.05, 4.69) is 4.74 Å². The summed E-state index contributed by atoms with van der Waals surface area (Å²) >= 11 is 0. The third-order valence-corrected chi connectivity index (χ3v) is 2.08. The fourth-order valence-electron chi connectivity index (χ4n) is 1.08. The van der Waals surface area contributed by atoms with Crippen molar-refractivity contribution < 1.29 is 13.9 Å². The van der Waals surface area contributed by atoms with Gasteiger partial charge in [0.05, 0.1) is 11.5 Å². The number of alkyl halides is 1. The molecule has 1 fully saturated rings. The summed E-state index contributed by atoms with van der Waals surface area (Å²) in [6.07, 6.45) is -0.508. The molecule has 0 saturated heterocycles. The molecular weight excluding hydrogens is 161 g/mol. The lowest BCUT2D eigenvalue weighted by Gasteiger charge is -2.09. The average molecular weight is 171 g/mol. The van der Waals surface area contributed by atoms with Crippen LogP contribution in [0.2, 0.25) is 0 Å². The van der Waals surface area contributed by atoms with E-state index < -0.39 is 17.6 Å². The zero-order valence-corrected chi connectivity index (χ0v) is 6.84. The Kier molecular flexibility index (Phi) is 2.32. The van der Waals surface area contributed by atoms with Gasteiger partial charge in [-0.1, -0.05) is 0 Å². The van der Waals surface area contributed by atoms with E-state index >= 15 is 0 Å². The Morgan fingerprint density at radius 2 is 2.50 bits per heavy atom. The van der Waals surface area contributed by atoms with E-state index in [1.54, 1.807) is 0 Å². The van der Waals surface area contributed by atoms with Crippen LogP contribution in [0.1, 0.15) is 19.8 Å². The highest BCUT2D eigenvalue weighted by molar-refractivity contribution is 5.66. The molecule has 0 heterocycles. The van der Waals surface area contributed by atoms with Crippen LogP contribution in [0.15, 0.2) is 0 Å². The van der Waals surface area contributed by atoms with Crippen LogP contribution in [0, 0.1) is 16.7 Å². The molecule has 0 spiro atoms. The first-order valence-corrected chi connectivity index (χ1v) is 3.75. The van der Waals surface area contributed by atoms with Gasteiger partial charge in [0.25, 0.3) is 0 Å². The number of rotatable bonds is 3. The lowest BCUT2D eigenvalue weighted by molar-refractivity contribution is -0.143. The van der Waals surface area contributed by atoms with Gasteiger partial charge in [-0.2, -0.15) is 5.26 Å². The van der Waals surface area contributed by atoms with Gasteiger partial charge in [0, 0.05) is 13.3 Å². The Hall–Kier alpha value is -1.11. The molecule has 0 aliphatic heterocycles. The summed E-state index contributed by atoms with van der Waals surface area (Å²) in [6.45, 7) is 1.31. The molecule has 66 valence electrons. The molecule has 3 nitrogen and oxygen atoms in total. The number of hydrogen-bond donors (Lipinski definition) is 0. The summed E-state index contributed by atoms with van der Waals surface area (Å²) in [6, 6.07) is 1.89. The average Bonchev–Trinajstić information content (AvgIpc) is 2.60. The van der Waals surface area contributed by atoms with E-state index in [4.69, 9.17) is 5.26 Å². The van der Waals surface area contributed by atoms with Crippen molar-refractivity contribution in [2.45, 2.75) is 25.9 Å². The topological polar surface area (TPSA) is 50.1 Å². The van der Waals surface area contributed by atoms with E-state index in [1.165, 1.54) is 6.92 Å². The van der Waals surface area contributed by atoms with Crippen LogP contribution in [0.3, 0.4) is 0 Å². The summed E-state index contributed by atoms with van der Waals surface area (Å²) in [7, 11) is 0. The van der Waals surface area contributed by atoms with Crippen LogP contribution in [0.5, 0.6) is 0 Å². The van der Waals surface area contributed by atoms with Crippen molar-refractivity contribution in [2.24, 2.45) is 5.41 Å². The number of ether oxygens (including phenoxy) is 1. The van der Waals surface area contributed by atoms with E-state index in [0.29, 0.717) is 6.42 Å². The molecule has 0 unspecified atom stereocenters. The molecule has 0 aromatic carbocycles. The molecule has 0 aromatic heterocycles. The predicted octanol–water partition coefficient (Wildman–Crippen LogP) is 1.19. The maximum atomic E-state index is 12.7. The third-order valence-electron chi connectivity index (χ3n) is 2.08. The van der Waals surface area contributed by atoms with E-state index in [0.717, 1.165) is 0 Å². The zero-order valence-electron chi connectivity index (χ0n) is 6.84. The number of esters is 1. The normalized spacial score (nSPS) is 32.2. The summed E-state index contributed by atoms with van der Waals surface area (Å²) in [5, 5.41) is 8.37. The van der Waals surface area contributed by atoms with Crippen molar-refractivity contribution in [1.29, 1.82) is 5.26 Å². The first-order valence-electron chi connectivity index (χ1n) is 3.75. The minimum atomic E-state index is -0.975. The van der Waals surface area contributed by atoms with E-state index in [-0.39, 0.29) is 13.0 Å². The maximum absolute atomic E-state index is 12.7. The smallest absolute Gasteiger partial charge is 0.302 e. The van der Waals surface area contributed by atoms with Crippen molar-refractivity contribution in [3.05, 3.63) is 0 Å². The Morgan fingerprint density at radius 3 is 2.83 bits per heavy atom. The van der Waals surface area contributed by atoms with Crippen LogP contribution in [-0.2, 0) is 9.53 Å². The summed E-state index contributed by atoms with van der Waals surface area (Å²) in [4.78, 5) is 10.4. The van der Waals surface area contributed by atoms with Gasteiger partial charge in [-0.3, -0.25) is 4.79 Å². The second kappa shape index (κ2) is 3.10. The standard InChI is InChI=1S/C8H10FNO2/c1-6(11)12-5-8(2-3-10)4-7(8)9/h7H,2,4-5H2,1H3/t7-,8+/m1/s1. The third kappa shape index (κ3) is 1.73. The van der Waals surface area contributed by atoms with Gasteiger partial charge in [-0.25, -0.2) is 4.39 Å². The van der Waals surface area contributed by atoms with Crippen LogP contribution < -0.4 is 0 Å². The highest BCUT2D eigenvalue weighted by Gasteiger charge is 2.56. The van der Waals surface area contributed by atoms with Crippen molar-refractivity contribution >= 4 is 5.97 Å². The van der Waals surface area contributed by atoms with Crippen LogP contribution >= 0.6 is 0 Å². The largest absolute Gasteiger partial charge is 0.465 e. The molecule has 0 amide bonds. The number of nitrogens with zero attached hydrogens (tertiary/aromatic N) is 1. The molecule has 1 aliphatic rings. The minimum absolute atomic E-state index is 0.0388. The van der Waals surface area contributed by atoms with Gasteiger partial charge in [-0.05, 0) is 6.42 Å². The maximum Gasteiger partial charge on any atom is 0.302 e. The molecule has 0 bridgehead atoms. The quantitative estimate of drug-likeness (QED) is 0.599. The highest BCUT2D eigenvalue weighted by atomic mass is 19.1.